The van der Waals surface area contributed by atoms with Gasteiger partial charge in [-0.1, -0.05) is 24.3 Å². The number of nitrogens with zero attached hydrogens (tertiary/aromatic N) is 2. The largest absolute Gasteiger partial charge is 0.468 e. The van der Waals surface area contributed by atoms with E-state index in [1.54, 1.807) is 19.9 Å². The fourth-order valence-corrected chi connectivity index (χ4v) is 5.52. The van der Waals surface area contributed by atoms with Crippen molar-refractivity contribution in [1.29, 1.82) is 0 Å². The van der Waals surface area contributed by atoms with Crippen molar-refractivity contribution in [3.63, 3.8) is 0 Å². The Kier molecular flexibility index (Phi) is 10.3. The molecule has 0 radical (unpaired) electrons. The van der Waals surface area contributed by atoms with Gasteiger partial charge in [-0.15, -0.1) is 0 Å². The Morgan fingerprint density at radius 3 is 2.56 bits per heavy atom. The van der Waals surface area contributed by atoms with E-state index in [0.29, 0.717) is 30.0 Å². The zero-order valence-corrected chi connectivity index (χ0v) is 25.3. The van der Waals surface area contributed by atoms with Gasteiger partial charge in [0.05, 0.1) is 36.9 Å². The highest BCUT2D eigenvalue weighted by atomic mass is 16.7. The maximum absolute atomic E-state index is 13.4. The third-order valence-electron chi connectivity index (χ3n) is 7.62. The van der Waals surface area contributed by atoms with Crippen molar-refractivity contribution in [3.05, 3.63) is 81.0 Å². The van der Waals surface area contributed by atoms with Crippen LogP contribution < -0.4 is 5.32 Å². The molecule has 230 valence electrons. The summed E-state index contributed by atoms with van der Waals surface area (Å²) in [6, 6.07) is 13.8. The lowest BCUT2D eigenvalue weighted by molar-refractivity contribution is -0.384. The maximum Gasteiger partial charge on any atom is 0.336 e. The van der Waals surface area contributed by atoms with Gasteiger partial charge in [0.25, 0.3) is 5.69 Å². The van der Waals surface area contributed by atoms with Crippen LogP contribution in [0.1, 0.15) is 57.6 Å². The van der Waals surface area contributed by atoms with Crippen LogP contribution in [0, 0.1) is 16.0 Å². The fourth-order valence-electron chi connectivity index (χ4n) is 5.52. The number of nitro groups is 1. The lowest BCUT2D eigenvalue weighted by Crippen LogP contribution is -2.36. The molecule has 1 N–H and O–H groups in total. The molecule has 2 heterocycles. The summed E-state index contributed by atoms with van der Waals surface area (Å²) >= 11 is 0. The van der Waals surface area contributed by atoms with Crippen molar-refractivity contribution in [2.75, 3.05) is 32.2 Å². The van der Waals surface area contributed by atoms with E-state index in [-0.39, 0.29) is 24.0 Å². The molecular weight excluding hydrogens is 554 g/mol. The van der Waals surface area contributed by atoms with Gasteiger partial charge < -0.3 is 24.3 Å². The van der Waals surface area contributed by atoms with E-state index in [1.165, 1.54) is 25.3 Å². The van der Waals surface area contributed by atoms with Gasteiger partial charge in [-0.3, -0.25) is 19.9 Å². The lowest BCUT2D eigenvalue weighted by Gasteiger charge is -2.31. The number of carbonyl (C=O) groups is 2. The number of carbonyl (C=O) groups excluding carboxylic acids is 2. The average Bonchev–Trinajstić information content (AvgIpc) is 3.33. The number of allylic oxidation sites excluding steroid dienone is 1. The van der Waals surface area contributed by atoms with Gasteiger partial charge >= 0.3 is 11.9 Å². The minimum atomic E-state index is -0.927. The Hall–Kier alpha value is -4.09. The summed E-state index contributed by atoms with van der Waals surface area (Å²) in [5, 5.41) is 14.9. The predicted octanol–water partition coefficient (Wildman–Crippen LogP) is 5.35. The summed E-state index contributed by atoms with van der Waals surface area (Å²) in [7, 11) is 1.26. The van der Waals surface area contributed by atoms with Crippen LogP contribution in [0.15, 0.2) is 64.8 Å². The number of methoxy groups -OCH3 is 1. The molecule has 11 nitrogen and oxygen atoms in total. The number of non-ortho nitro benzene ring substituents is 1. The predicted molar refractivity (Wildman–Crippen MR) is 161 cm³/mol. The van der Waals surface area contributed by atoms with E-state index in [1.807, 2.05) is 38.1 Å². The number of nitrogens with one attached hydrogen (secondary N) is 1. The molecule has 2 aliphatic rings. The van der Waals surface area contributed by atoms with Gasteiger partial charge in [0, 0.05) is 48.1 Å². The summed E-state index contributed by atoms with van der Waals surface area (Å²) in [6.07, 6.45) is 2.48. The van der Waals surface area contributed by atoms with E-state index < -0.39 is 34.5 Å². The number of benzene rings is 2. The summed E-state index contributed by atoms with van der Waals surface area (Å²) in [4.78, 5) is 41.6. The smallest absolute Gasteiger partial charge is 0.336 e. The molecule has 11 heteroatoms. The molecular formula is C32H39N3O8. The number of hydrogen-bond donors (Lipinski definition) is 1. The monoisotopic (exact) mass is 593 g/mol. The first-order chi connectivity index (χ1) is 20.5. The summed E-state index contributed by atoms with van der Waals surface area (Å²) in [5.74, 6) is -3.49. The van der Waals surface area contributed by atoms with Crippen molar-refractivity contribution in [1.82, 2.24) is 0 Å². The molecule has 0 bridgehead atoms. The van der Waals surface area contributed by atoms with Gasteiger partial charge in [-0.05, 0) is 63.8 Å². The van der Waals surface area contributed by atoms with Gasteiger partial charge in [-0.25, -0.2) is 4.79 Å². The number of nitro benzene ring substituents is 1. The SMILES string of the molecule is COC(=O)C1C(C)=NC(C)=C(C(=O)OCCc2ccc(NCCCC3COC(C)(C)O3)cc2)C1c1cccc([N+](=O)[O-])c1. The van der Waals surface area contributed by atoms with Crippen molar-refractivity contribution >= 4 is 29.0 Å². The Bertz CT molecular complexity index is 1400. The van der Waals surface area contributed by atoms with Crippen molar-refractivity contribution in [2.45, 2.75) is 64.8 Å². The zero-order valence-electron chi connectivity index (χ0n) is 25.3. The fraction of sp³-hybridized carbons (Fsp3) is 0.469. The second kappa shape index (κ2) is 13.9. The molecule has 2 aliphatic heterocycles. The summed E-state index contributed by atoms with van der Waals surface area (Å²) in [5.41, 5.74) is 3.30. The third-order valence-corrected chi connectivity index (χ3v) is 7.62. The highest BCUT2D eigenvalue weighted by molar-refractivity contribution is 6.07. The molecule has 0 saturated carbocycles. The second-order valence-corrected chi connectivity index (χ2v) is 11.2. The Morgan fingerprint density at radius 2 is 1.91 bits per heavy atom. The number of hydrogen-bond acceptors (Lipinski definition) is 10. The van der Waals surface area contributed by atoms with E-state index in [0.717, 1.165) is 30.6 Å². The van der Waals surface area contributed by atoms with Gasteiger partial charge in [-0.2, -0.15) is 0 Å². The highest BCUT2D eigenvalue weighted by Gasteiger charge is 2.42. The molecule has 2 aromatic rings. The molecule has 1 saturated heterocycles. The van der Waals surface area contributed by atoms with Crippen molar-refractivity contribution in [3.8, 4) is 0 Å². The zero-order chi connectivity index (χ0) is 31.1. The van der Waals surface area contributed by atoms with E-state index >= 15 is 0 Å². The van der Waals surface area contributed by atoms with Crippen LogP contribution in [0.2, 0.25) is 0 Å². The molecule has 2 aromatic carbocycles. The summed E-state index contributed by atoms with van der Waals surface area (Å²) < 4.78 is 22.1. The van der Waals surface area contributed by atoms with Gasteiger partial charge in [0.15, 0.2) is 5.79 Å². The molecule has 43 heavy (non-hydrogen) atoms. The van der Waals surface area contributed by atoms with Gasteiger partial charge in [0.1, 0.15) is 5.92 Å². The second-order valence-electron chi connectivity index (χ2n) is 11.2. The summed E-state index contributed by atoms with van der Waals surface area (Å²) in [6.45, 7) is 8.73. The molecule has 0 amide bonds. The van der Waals surface area contributed by atoms with Crippen LogP contribution >= 0.6 is 0 Å². The van der Waals surface area contributed by atoms with Crippen LogP contribution in [0.4, 0.5) is 11.4 Å². The molecule has 0 aliphatic carbocycles. The molecule has 3 atom stereocenters. The Morgan fingerprint density at radius 1 is 1.16 bits per heavy atom. The average molecular weight is 594 g/mol. The van der Waals surface area contributed by atoms with E-state index in [2.05, 4.69) is 10.3 Å². The van der Waals surface area contributed by atoms with Crippen LogP contribution in [0.25, 0.3) is 0 Å². The standard InChI is InChI=1S/C32H39N3O8/c1-20-27(30(36)40-5)29(23-8-6-9-25(18-23)35(38)39)28(21(2)34-20)31(37)41-17-15-22-11-13-24(14-12-22)33-16-7-10-26-19-42-32(3,4)43-26/h6,8-9,11-14,18,26-27,29,33H,7,10,15-17,19H2,1-5H3. The first-order valence-electron chi connectivity index (χ1n) is 14.4. The number of esters is 2. The lowest BCUT2D eigenvalue weighted by atomic mass is 9.75. The van der Waals surface area contributed by atoms with Crippen LogP contribution in [-0.4, -0.2) is 61.3 Å². The number of ether oxygens (including phenoxy) is 4. The first-order valence-corrected chi connectivity index (χ1v) is 14.4. The third kappa shape index (κ3) is 8.05. The topological polar surface area (TPSA) is 139 Å². The highest BCUT2D eigenvalue weighted by Crippen LogP contribution is 2.41. The van der Waals surface area contributed by atoms with Crippen molar-refractivity contribution in [2.24, 2.45) is 10.9 Å². The van der Waals surface area contributed by atoms with Crippen molar-refractivity contribution < 1.29 is 33.5 Å². The quantitative estimate of drug-likeness (QED) is 0.149. The van der Waals surface area contributed by atoms with Crippen LogP contribution in [0.5, 0.6) is 0 Å². The molecule has 0 spiro atoms. The molecule has 0 aromatic heterocycles. The number of anilines is 1. The molecule has 1 fully saturated rings. The van der Waals surface area contributed by atoms with E-state index in [4.69, 9.17) is 18.9 Å². The van der Waals surface area contributed by atoms with Crippen LogP contribution in [-0.2, 0) is 35.0 Å². The maximum atomic E-state index is 13.4. The Balaban J connectivity index is 1.36. The first kappa shape index (κ1) is 31.8. The Labute approximate surface area is 251 Å². The van der Waals surface area contributed by atoms with Crippen LogP contribution in [0.3, 0.4) is 0 Å². The molecule has 3 unspecified atom stereocenters. The number of aliphatic imine (C=N–C) groups is 1. The normalized spacial score (nSPS) is 21.2. The van der Waals surface area contributed by atoms with Gasteiger partial charge in [0.2, 0.25) is 0 Å². The number of rotatable bonds is 12. The minimum absolute atomic E-state index is 0.107. The minimum Gasteiger partial charge on any atom is -0.468 e. The molecule has 4 rings (SSSR count). The van der Waals surface area contributed by atoms with E-state index in [9.17, 15) is 19.7 Å².